The van der Waals surface area contributed by atoms with E-state index in [1.807, 2.05) is 13.8 Å². The van der Waals surface area contributed by atoms with Crippen molar-refractivity contribution in [1.82, 2.24) is 0 Å². The van der Waals surface area contributed by atoms with Crippen LogP contribution in [0.25, 0.3) is 0 Å². The summed E-state index contributed by atoms with van der Waals surface area (Å²) in [5.41, 5.74) is 0.982. The summed E-state index contributed by atoms with van der Waals surface area (Å²) in [6.07, 6.45) is 5.09. The van der Waals surface area contributed by atoms with Gasteiger partial charge in [0.15, 0.2) is 0 Å². The molecule has 0 aliphatic heterocycles. The maximum absolute atomic E-state index is 10.9. The number of nitrogens with zero attached hydrogens (tertiary/aromatic N) is 1. The summed E-state index contributed by atoms with van der Waals surface area (Å²) in [6.45, 7) is 5.94. The Morgan fingerprint density at radius 2 is 1.92 bits per heavy atom. The van der Waals surface area contributed by atoms with E-state index in [-0.39, 0.29) is 5.91 Å². The van der Waals surface area contributed by atoms with E-state index in [0.29, 0.717) is 6.42 Å². The number of carbonyl (C=O) groups excluding carboxylic acids is 1. The van der Waals surface area contributed by atoms with Crippen LogP contribution in [0, 0.1) is 0 Å². The third-order valence-corrected chi connectivity index (χ3v) is 1.76. The van der Waals surface area contributed by atoms with Crippen molar-refractivity contribution in [2.75, 3.05) is 0 Å². The molecule has 0 aliphatic rings. The number of amides is 1. The molecular formula is C10H19NO. The number of hydrogen-bond donors (Lipinski definition) is 0. The van der Waals surface area contributed by atoms with Crippen LogP contribution >= 0.6 is 0 Å². The highest BCUT2D eigenvalue weighted by Crippen LogP contribution is 2.01. The zero-order valence-corrected chi connectivity index (χ0v) is 8.39. The van der Waals surface area contributed by atoms with Crippen LogP contribution in [0.2, 0.25) is 0 Å². The van der Waals surface area contributed by atoms with Gasteiger partial charge in [0.05, 0.1) is 0 Å². The molecule has 0 aromatic heterocycles. The number of rotatable bonds is 5. The Morgan fingerprint density at radius 3 is 2.42 bits per heavy atom. The summed E-state index contributed by atoms with van der Waals surface area (Å²) >= 11 is 0. The molecule has 0 aromatic rings. The smallest absolute Gasteiger partial charge is 0.245 e. The Morgan fingerprint density at radius 1 is 1.25 bits per heavy atom. The fourth-order valence-corrected chi connectivity index (χ4v) is 0.979. The van der Waals surface area contributed by atoms with Gasteiger partial charge >= 0.3 is 0 Å². The molecule has 2 nitrogen and oxygen atoms in total. The largest absolute Gasteiger partial charge is 0.273 e. The SMILES string of the molecule is CCCCC/C(C)=N/C(=O)CC. The molecule has 0 atom stereocenters. The second kappa shape index (κ2) is 7.01. The maximum Gasteiger partial charge on any atom is 0.245 e. The fourth-order valence-electron chi connectivity index (χ4n) is 0.979. The number of carbonyl (C=O) groups is 1. The van der Waals surface area contributed by atoms with Crippen molar-refractivity contribution in [3.05, 3.63) is 0 Å². The third kappa shape index (κ3) is 6.08. The summed E-state index contributed by atoms with van der Waals surface area (Å²) in [5, 5.41) is 0. The molecular weight excluding hydrogens is 150 g/mol. The van der Waals surface area contributed by atoms with Crippen molar-refractivity contribution in [1.29, 1.82) is 0 Å². The average Bonchev–Trinajstić information content (AvgIpc) is 2.05. The van der Waals surface area contributed by atoms with E-state index in [2.05, 4.69) is 11.9 Å². The Balaban J connectivity index is 3.62. The van der Waals surface area contributed by atoms with E-state index in [1.54, 1.807) is 0 Å². The molecule has 0 rings (SSSR count). The normalized spacial score (nSPS) is 11.8. The molecule has 12 heavy (non-hydrogen) atoms. The van der Waals surface area contributed by atoms with Crippen LogP contribution in [0.4, 0.5) is 0 Å². The van der Waals surface area contributed by atoms with E-state index < -0.39 is 0 Å². The molecule has 70 valence electrons. The van der Waals surface area contributed by atoms with E-state index in [1.165, 1.54) is 12.8 Å². The van der Waals surface area contributed by atoms with Gasteiger partial charge in [0, 0.05) is 12.1 Å². The molecule has 0 heterocycles. The van der Waals surface area contributed by atoms with Crippen molar-refractivity contribution >= 4 is 11.6 Å². The molecule has 0 bridgehead atoms. The first-order chi connectivity index (χ1) is 5.70. The number of unbranched alkanes of at least 4 members (excludes halogenated alkanes) is 2. The molecule has 0 radical (unpaired) electrons. The quantitative estimate of drug-likeness (QED) is 0.459. The summed E-state index contributed by atoms with van der Waals surface area (Å²) in [4.78, 5) is 14.8. The summed E-state index contributed by atoms with van der Waals surface area (Å²) < 4.78 is 0. The van der Waals surface area contributed by atoms with Crippen molar-refractivity contribution in [3.63, 3.8) is 0 Å². The van der Waals surface area contributed by atoms with Gasteiger partial charge in [0.1, 0.15) is 0 Å². The minimum atomic E-state index is 0.00370. The molecule has 1 amide bonds. The second-order valence-electron chi connectivity index (χ2n) is 3.05. The van der Waals surface area contributed by atoms with Gasteiger partial charge < -0.3 is 0 Å². The van der Waals surface area contributed by atoms with E-state index in [4.69, 9.17) is 0 Å². The Kier molecular flexibility index (Phi) is 6.63. The third-order valence-electron chi connectivity index (χ3n) is 1.76. The minimum absolute atomic E-state index is 0.00370. The van der Waals surface area contributed by atoms with Crippen LogP contribution in [0.1, 0.15) is 52.9 Å². The molecule has 0 aromatic carbocycles. The van der Waals surface area contributed by atoms with Gasteiger partial charge in [-0.05, 0) is 19.8 Å². The fraction of sp³-hybridized carbons (Fsp3) is 0.800. The second-order valence-corrected chi connectivity index (χ2v) is 3.05. The highest BCUT2D eigenvalue weighted by Gasteiger charge is 1.96. The number of aliphatic imine (C=N–C) groups is 1. The van der Waals surface area contributed by atoms with Gasteiger partial charge in [-0.1, -0.05) is 26.7 Å². The predicted molar refractivity (Wildman–Crippen MR) is 52.5 cm³/mol. The maximum atomic E-state index is 10.9. The number of hydrogen-bond acceptors (Lipinski definition) is 1. The Hall–Kier alpha value is -0.660. The first-order valence-electron chi connectivity index (χ1n) is 4.77. The lowest BCUT2D eigenvalue weighted by atomic mass is 10.1. The van der Waals surface area contributed by atoms with Crippen molar-refractivity contribution in [2.24, 2.45) is 4.99 Å². The molecule has 0 saturated heterocycles. The van der Waals surface area contributed by atoms with Crippen LogP contribution in [-0.4, -0.2) is 11.6 Å². The molecule has 0 spiro atoms. The van der Waals surface area contributed by atoms with Crippen molar-refractivity contribution in [2.45, 2.75) is 52.9 Å². The van der Waals surface area contributed by atoms with Gasteiger partial charge in [-0.3, -0.25) is 4.79 Å². The summed E-state index contributed by atoms with van der Waals surface area (Å²) in [5.74, 6) is 0.00370. The molecule has 0 N–H and O–H groups in total. The monoisotopic (exact) mass is 169 g/mol. The lowest BCUT2D eigenvalue weighted by Crippen LogP contribution is -1.98. The van der Waals surface area contributed by atoms with Gasteiger partial charge in [0.2, 0.25) is 5.91 Å². The van der Waals surface area contributed by atoms with Crippen molar-refractivity contribution in [3.8, 4) is 0 Å². The Bertz CT molecular complexity index is 161. The highest BCUT2D eigenvalue weighted by molar-refractivity contribution is 5.94. The van der Waals surface area contributed by atoms with E-state index >= 15 is 0 Å². The predicted octanol–water partition coefficient (Wildman–Crippen LogP) is 2.96. The summed E-state index contributed by atoms with van der Waals surface area (Å²) in [7, 11) is 0. The summed E-state index contributed by atoms with van der Waals surface area (Å²) in [6, 6.07) is 0. The lowest BCUT2D eigenvalue weighted by molar-refractivity contribution is -0.117. The van der Waals surface area contributed by atoms with E-state index in [9.17, 15) is 4.79 Å². The lowest BCUT2D eigenvalue weighted by Gasteiger charge is -1.97. The first-order valence-corrected chi connectivity index (χ1v) is 4.77. The van der Waals surface area contributed by atoms with Gasteiger partial charge in [-0.25, -0.2) is 4.99 Å². The Labute approximate surface area is 75.1 Å². The zero-order chi connectivity index (χ0) is 9.40. The molecule has 0 fully saturated rings. The van der Waals surface area contributed by atoms with E-state index in [0.717, 1.165) is 18.6 Å². The zero-order valence-electron chi connectivity index (χ0n) is 8.39. The van der Waals surface area contributed by atoms with Gasteiger partial charge in [-0.2, -0.15) is 0 Å². The van der Waals surface area contributed by atoms with Crippen molar-refractivity contribution < 1.29 is 4.79 Å². The molecule has 2 heteroatoms. The first kappa shape index (κ1) is 11.3. The molecule has 0 aliphatic carbocycles. The van der Waals surface area contributed by atoms with Crippen LogP contribution in [0.15, 0.2) is 4.99 Å². The topological polar surface area (TPSA) is 29.4 Å². The molecule has 0 unspecified atom stereocenters. The molecule has 0 saturated carbocycles. The highest BCUT2D eigenvalue weighted by atomic mass is 16.1. The van der Waals surface area contributed by atoms with Crippen LogP contribution < -0.4 is 0 Å². The average molecular weight is 169 g/mol. The van der Waals surface area contributed by atoms with Crippen LogP contribution in [0.3, 0.4) is 0 Å². The van der Waals surface area contributed by atoms with Crippen LogP contribution in [0.5, 0.6) is 0 Å². The van der Waals surface area contributed by atoms with Crippen LogP contribution in [-0.2, 0) is 4.79 Å². The van der Waals surface area contributed by atoms with Gasteiger partial charge in [0.25, 0.3) is 0 Å². The standard InChI is InChI=1S/C10H19NO/c1-4-6-7-8-9(3)11-10(12)5-2/h4-8H2,1-3H3/b11-9+. The minimum Gasteiger partial charge on any atom is -0.273 e. The van der Waals surface area contributed by atoms with Gasteiger partial charge in [-0.15, -0.1) is 0 Å².